The molecule has 0 radical (unpaired) electrons. The Hall–Kier alpha value is 0.507. The van der Waals surface area contributed by atoms with Gasteiger partial charge in [-0.25, -0.2) is 0 Å². The molecule has 0 aromatic heterocycles. The Kier molecular flexibility index (Phi) is 26.5. The highest BCUT2D eigenvalue weighted by Gasteiger charge is 2.28. The standard InChI is InChI=1S/C30H63ClSi/c1-4-7-10-13-16-19-22-25-28-32(31,29-26-23-20-17-14-11-8-5-2)30-27-24-21-18-15-12-9-6-3/h4-30H2,1-3H3. The zero-order chi connectivity index (χ0) is 23.6. The van der Waals surface area contributed by atoms with Gasteiger partial charge in [0.15, 0.2) is 7.38 Å². The van der Waals surface area contributed by atoms with Gasteiger partial charge in [-0.2, -0.15) is 11.1 Å². The van der Waals surface area contributed by atoms with Gasteiger partial charge in [0.05, 0.1) is 0 Å². The van der Waals surface area contributed by atoms with E-state index in [2.05, 4.69) is 20.8 Å². The van der Waals surface area contributed by atoms with Crippen molar-refractivity contribution in [2.75, 3.05) is 0 Å². The van der Waals surface area contributed by atoms with Crippen molar-refractivity contribution in [1.29, 1.82) is 0 Å². The zero-order valence-electron chi connectivity index (χ0n) is 23.0. The molecule has 0 spiro atoms. The van der Waals surface area contributed by atoms with Crippen LogP contribution in [-0.4, -0.2) is 7.38 Å². The molecule has 0 nitrogen and oxygen atoms in total. The van der Waals surface area contributed by atoms with E-state index in [9.17, 15) is 0 Å². The Morgan fingerprint density at radius 1 is 0.312 bits per heavy atom. The first kappa shape index (κ1) is 32.5. The minimum Gasteiger partial charge on any atom is -0.167 e. The molecular formula is C30H63ClSi. The molecule has 194 valence electrons. The van der Waals surface area contributed by atoms with Crippen LogP contribution in [0.2, 0.25) is 18.1 Å². The molecule has 0 heterocycles. The lowest BCUT2D eigenvalue weighted by Crippen LogP contribution is -2.26. The van der Waals surface area contributed by atoms with Crippen LogP contribution in [0.15, 0.2) is 0 Å². The number of unbranched alkanes of at least 4 members (excludes halogenated alkanes) is 21. The molecule has 0 unspecified atom stereocenters. The van der Waals surface area contributed by atoms with E-state index in [4.69, 9.17) is 11.1 Å². The number of hydrogen-bond donors (Lipinski definition) is 0. The van der Waals surface area contributed by atoms with Gasteiger partial charge >= 0.3 is 0 Å². The second-order valence-electron chi connectivity index (χ2n) is 10.8. The molecule has 0 saturated carbocycles. The highest BCUT2D eigenvalue weighted by Crippen LogP contribution is 2.33. The Labute approximate surface area is 211 Å². The fourth-order valence-electron chi connectivity index (χ4n) is 5.10. The topological polar surface area (TPSA) is 0 Å². The molecule has 0 atom stereocenters. The predicted molar refractivity (Wildman–Crippen MR) is 154 cm³/mol. The molecule has 0 amide bonds. The maximum absolute atomic E-state index is 7.42. The van der Waals surface area contributed by atoms with Crippen LogP contribution in [0.4, 0.5) is 0 Å². The van der Waals surface area contributed by atoms with E-state index in [1.807, 2.05) is 0 Å². The highest BCUT2D eigenvalue weighted by molar-refractivity contribution is 7.20. The minimum atomic E-state index is -1.52. The molecule has 0 aromatic carbocycles. The second kappa shape index (κ2) is 26.1. The molecule has 0 rings (SSSR count). The zero-order valence-corrected chi connectivity index (χ0v) is 24.7. The van der Waals surface area contributed by atoms with Crippen molar-refractivity contribution in [1.82, 2.24) is 0 Å². The van der Waals surface area contributed by atoms with Crippen LogP contribution in [0.5, 0.6) is 0 Å². The molecule has 32 heavy (non-hydrogen) atoms. The lowest BCUT2D eigenvalue weighted by molar-refractivity contribution is 0.576. The SMILES string of the molecule is CCCCCCCCCC[Si](Cl)(CCCCCCCCCC)CCCCCCCCCC. The Bertz CT molecular complexity index is 293. The van der Waals surface area contributed by atoms with Gasteiger partial charge < -0.3 is 0 Å². The first-order valence-electron chi connectivity index (χ1n) is 15.4. The second-order valence-corrected chi connectivity index (χ2v) is 17.0. The van der Waals surface area contributed by atoms with Crippen LogP contribution in [0.1, 0.15) is 175 Å². The average Bonchev–Trinajstić information content (AvgIpc) is 2.79. The molecule has 0 aromatic rings. The van der Waals surface area contributed by atoms with Crippen molar-refractivity contribution >= 4 is 18.5 Å². The minimum absolute atomic E-state index is 1.36. The normalized spacial score (nSPS) is 12.0. The largest absolute Gasteiger partial charge is 0.167 e. The monoisotopic (exact) mass is 486 g/mol. The predicted octanol–water partition coefficient (Wildman–Crippen LogP) is 12.6. The van der Waals surface area contributed by atoms with E-state index >= 15 is 0 Å². The van der Waals surface area contributed by atoms with Crippen molar-refractivity contribution < 1.29 is 0 Å². The van der Waals surface area contributed by atoms with Gasteiger partial charge in [0.1, 0.15) is 0 Å². The Morgan fingerprint density at radius 2 is 0.500 bits per heavy atom. The summed E-state index contributed by atoms with van der Waals surface area (Å²) in [6.45, 7) is 6.93. The highest BCUT2D eigenvalue weighted by atomic mass is 35.6. The van der Waals surface area contributed by atoms with Gasteiger partial charge in [-0.3, -0.25) is 0 Å². The van der Waals surface area contributed by atoms with Crippen LogP contribution in [0.25, 0.3) is 0 Å². The third kappa shape index (κ3) is 23.7. The smallest absolute Gasteiger partial charge is 0.156 e. The number of rotatable bonds is 27. The summed E-state index contributed by atoms with van der Waals surface area (Å²) >= 11 is 7.42. The lowest BCUT2D eigenvalue weighted by atomic mass is 10.1. The molecule has 0 bridgehead atoms. The summed E-state index contributed by atoms with van der Waals surface area (Å²) in [5.41, 5.74) is 0. The van der Waals surface area contributed by atoms with Gasteiger partial charge in [0.25, 0.3) is 0 Å². The van der Waals surface area contributed by atoms with Gasteiger partial charge in [0, 0.05) is 0 Å². The summed E-state index contributed by atoms with van der Waals surface area (Å²) < 4.78 is 0. The Balaban J connectivity index is 4.04. The average molecular weight is 487 g/mol. The summed E-state index contributed by atoms with van der Waals surface area (Å²) in [7, 11) is -1.52. The van der Waals surface area contributed by atoms with Gasteiger partial charge in [0.2, 0.25) is 0 Å². The van der Waals surface area contributed by atoms with Crippen molar-refractivity contribution in [3.8, 4) is 0 Å². The summed E-state index contributed by atoms with van der Waals surface area (Å²) in [5, 5.41) is 0. The van der Waals surface area contributed by atoms with E-state index in [-0.39, 0.29) is 0 Å². The molecule has 0 aliphatic carbocycles. The maximum Gasteiger partial charge on any atom is 0.156 e. The fraction of sp³-hybridized carbons (Fsp3) is 1.00. The van der Waals surface area contributed by atoms with Crippen LogP contribution in [0.3, 0.4) is 0 Å². The van der Waals surface area contributed by atoms with Crippen molar-refractivity contribution in [3.05, 3.63) is 0 Å². The molecule has 0 saturated heterocycles. The molecule has 2 heteroatoms. The van der Waals surface area contributed by atoms with E-state index in [1.54, 1.807) is 0 Å². The third-order valence-electron chi connectivity index (χ3n) is 7.44. The van der Waals surface area contributed by atoms with Crippen molar-refractivity contribution in [3.63, 3.8) is 0 Å². The summed E-state index contributed by atoms with van der Waals surface area (Å²) in [4.78, 5) is 0. The van der Waals surface area contributed by atoms with E-state index < -0.39 is 7.38 Å². The molecule has 0 N–H and O–H groups in total. The summed E-state index contributed by atoms with van der Waals surface area (Å²) in [6, 6.07) is 4.20. The first-order valence-corrected chi connectivity index (χ1v) is 19.0. The van der Waals surface area contributed by atoms with E-state index in [0.717, 1.165) is 0 Å². The van der Waals surface area contributed by atoms with Gasteiger partial charge in [-0.15, -0.1) is 0 Å². The van der Waals surface area contributed by atoms with Gasteiger partial charge in [-0.05, 0) is 18.1 Å². The molecule has 0 fully saturated rings. The van der Waals surface area contributed by atoms with Crippen LogP contribution in [-0.2, 0) is 0 Å². The molecule has 0 aliphatic rings. The van der Waals surface area contributed by atoms with Crippen molar-refractivity contribution in [2.45, 2.75) is 193 Å². The number of halogens is 1. The quantitative estimate of drug-likeness (QED) is 0.0614. The third-order valence-corrected chi connectivity index (χ3v) is 12.9. The first-order chi connectivity index (χ1) is 15.7. The van der Waals surface area contributed by atoms with Gasteiger partial charge in [-0.1, -0.05) is 175 Å². The lowest BCUT2D eigenvalue weighted by Gasteiger charge is -2.25. The van der Waals surface area contributed by atoms with Crippen LogP contribution < -0.4 is 0 Å². The maximum atomic E-state index is 7.42. The van der Waals surface area contributed by atoms with E-state index in [0.29, 0.717) is 0 Å². The fourth-order valence-corrected chi connectivity index (χ4v) is 9.71. The van der Waals surface area contributed by atoms with Crippen LogP contribution >= 0.6 is 11.1 Å². The van der Waals surface area contributed by atoms with E-state index in [1.165, 1.54) is 172 Å². The summed E-state index contributed by atoms with van der Waals surface area (Å²) in [5.74, 6) is 0. The van der Waals surface area contributed by atoms with Crippen LogP contribution in [0, 0.1) is 0 Å². The summed E-state index contributed by atoms with van der Waals surface area (Å²) in [6.07, 6.45) is 34.3. The molecule has 0 aliphatic heterocycles. The Morgan fingerprint density at radius 3 is 0.719 bits per heavy atom. The molecular weight excluding hydrogens is 424 g/mol. The van der Waals surface area contributed by atoms with Crippen molar-refractivity contribution in [2.24, 2.45) is 0 Å². The number of hydrogen-bond acceptors (Lipinski definition) is 0.